The van der Waals surface area contributed by atoms with Gasteiger partial charge < -0.3 is 14.1 Å². The number of nitrogens with one attached hydrogen (secondary N) is 1. The highest BCUT2D eigenvalue weighted by Gasteiger charge is 2.25. The summed E-state index contributed by atoms with van der Waals surface area (Å²) in [5.74, 6) is 1.15. The van der Waals surface area contributed by atoms with Crippen molar-refractivity contribution in [1.82, 2.24) is 15.1 Å². The second kappa shape index (κ2) is 7.28. The van der Waals surface area contributed by atoms with Gasteiger partial charge in [-0.1, -0.05) is 6.08 Å². The minimum atomic E-state index is -0.0375. The van der Waals surface area contributed by atoms with Gasteiger partial charge in [0.25, 0.3) is 5.91 Å². The monoisotopic (exact) mass is 315 g/mol. The average molecular weight is 315 g/mol. The number of amides is 1. The number of carbonyl (C=O) groups excluding carboxylic acids is 1. The van der Waals surface area contributed by atoms with Gasteiger partial charge in [-0.15, -0.1) is 6.58 Å². The van der Waals surface area contributed by atoms with Gasteiger partial charge in [0.1, 0.15) is 5.69 Å². The van der Waals surface area contributed by atoms with Gasteiger partial charge in [0.15, 0.2) is 11.5 Å². The summed E-state index contributed by atoms with van der Waals surface area (Å²) >= 11 is 0. The molecule has 2 aromatic rings. The largest absolute Gasteiger partial charge is 0.463 e. The van der Waals surface area contributed by atoms with Gasteiger partial charge in [0.2, 0.25) is 0 Å². The second-order valence-electron chi connectivity index (χ2n) is 5.71. The van der Waals surface area contributed by atoms with Crippen LogP contribution in [0.15, 0.2) is 41.5 Å². The van der Waals surface area contributed by atoms with Crippen LogP contribution in [0.25, 0.3) is 11.5 Å². The van der Waals surface area contributed by atoms with Crippen LogP contribution in [0.4, 0.5) is 0 Å². The number of piperidine rings is 1. The molecule has 6 nitrogen and oxygen atoms in total. The Hall–Kier alpha value is -2.34. The molecule has 1 amide bonds. The van der Waals surface area contributed by atoms with Crippen molar-refractivity contribution < 1.29 is 13.9 Å². The van der Waals surface area contributed by atoms with Gasteiger partial charge in [-0.05, 0) is 30.9 Å². The normalized spacial score (nSPS) is 15.7. The molecule has 0 aliphatic carbocycles. The first-order valence-electron chi connectivity index (χ1n) is 7.85. The molecule has 0 bridgehead atoms. The molecule has 1 fully saturated rings. The molecule has 1 N–H and O–H groups in total. The number of hydrogen-bond acceptors (Lipinski definition) is 4. The zero-order chi connectivity index (χ0) is 16.1. The van der Waals surface area contributed by atoms with Crippen LogP contribution in [0.2, 0.25) is 0 Å². The van der Waals surface area contributed by atoms with Crippen LogP contribution in [-0.2, 0) is 4.74 Å². The molecule has 1 aliphatic rings. The van der Waals surface area contributed by atoms with Gasteiger partial charge in [-0.2, -0.15) is 5.10 Å². The van der Waals surface area contributed by atoms with Crippen LogP contribution in [-0.4, -0.2) is 47.3 Å². The van der Waals surface area contributed by atoms with E-state index in [1.807, 2.05) is 11.0 Å². The first-order chi connectivity index (χ1) is 11.3. The van der Waals surface area contributed by atoms with Gasteiger partial charge in [-0.25, -0.2) is 0 Å². The van der Waals surface area contributed by atoms with Crippen molar-refractivity contribution in [3.05, 3.63) is 42.8 Å². The summed E-state index contributed by atoms with van der Waals surface area (Å²) < 4.78 is 10.8. The molecule has 2 aromatic heterocycles. The Morgan fingerprint density at radius 2 is 2.35 bits per heavy atom. The molecule has 122 valence electrons. The summed E-state index contributed by atoms with van der Waals surface area (Å²) in [4.78, 5) is 14.4. The van der Waals surface area contributed by atoms with E-state index < -0.39 is 0 Å². The van der Waals surface area contributed by atoms with Crippen LogP contribution >= 0.6 is 0 Å². The fourth-order valence-electron chi connectivity index (χ4n) is 2.77. The first-order valence-corrected chi connectivity index (χ1v) is 7.85. The molecule has 0 unspecified atom stereocenters. The van der Waals surface area contributed by atoms with E-state index in [1.165, 1.54) is 0 Å². The van der Waals surface area contributed by atoms with Crippen molar-refractivity contribution in [1.29, 1.82) is 0 Å². The smallest absolute Gasteiger partial charge is 0.274 e. The number of carbonyl (C=O) groups is 1. The SMILES string of the molecule is C=CCOCC1CCN(C(=O)c2cc(-c3ccco3)[nH]n2)CC1. The minimum absolute atomic E-state index is 0.0375. The Labute approximate surface area is 135 Å². The van der Waals surface area contributed by atoms with E-state index in [4.69, 9.17) is 9.15 Å². The number of likely N-dealkylation sites (tertiary alicyclic amines) is 1. The van der Waals surface area contributed by atoms with Gasteiger partial charge in [0.05, 0.1) is 12.9 Å². The highest BCUT2D eigenvalue weighted by atomic mass is 16.5. The molecule has 1 saturated heterocycles. The molecule has 3 heterocycles. The van der Waals surface area contributed by atoms with Crippen LogP contribution < -0.4 is 0 Å². The third-order valence-corrected chi connectivity index (χ3v) is 4.07. The predicted molar refractivity (Wildman–Crippen MR) is 85.9 cm³/mol. The number of furan rings is 1. The Bertz CT molecular complexity index is 640. The first kappa shape index (κ1) is 15.6. The molecule has 23 heavy (non-hydrogen) atoms. The summed E-state index contributed by atoms with van der Waals surface area (Å²) in [6, 6.07) is 5.37. The molecule has 0 atom stereocenters. The lowest BCUT2D eigenvalue weighted by molar-refractivity contribution is 0.0571. The van der Waals surface area contributed by atoms with E-state index in [9.17, 15) is 4.79 Å². The summed E-state index contributed by atoms with van der Waals surface area (Å²) in [5, 5.41) is 6.97. The van der Waals surface area contributed by atoms with Crippen molar-refractivity contribution in [2.75, 3.05) is 26.3 Å². The number of H-pyrrole nitrogens is 1. The molecule has 0 radical (unpaired) electrons. The number of ether oxygens (including phenoxy) is 1. The quantitative estimate of drug-likeness (QED) is 0.657. The molecule has 6 heteroatoms. The van der Waals surface area contributed by atoms with Crippen molar-refractivity contribution in [3.63, 3.8) is 0 Å². The number of hydrogen-bond donors (Lipinski definition) is 1. The Kier molecular flexibility index (Phi) is 4.92. The fourth-order valence-corrected chi connectivity index (χ4v) is 2.77. The molecular formula is C17H21N3O3. The maximum absolute atomic E-state index is 12.5. The fraction of sp³-hybridized carbons (Fsp3) is 0.412. The summed E-state index contributed by atoms with van der Waals surface area (Å²) in [6.07, 6.45) is 5.26. The van der Waals surface area contributed by atoms with Gasteiger partial charge in [0, 0.05) is 25.8 Å². The van der Waals surface area contributed by atoms with E-state index >= 15 is 0 Å². The van der Waals surface area contributed by atoms with Crippen LogP contribution in [0.3, 0.4) is 0 Å². The lowest BCUT2D eigenvalue weighted by atomic mass is 9.97. The standard InChI is InChI=1S/C17H21N3O3/c1-2-9-22-12-13-5-7-20(8-6-13)17(21)15-11-14(18-19-15)16-4-3-10-23-16/h2-4,10-11,13H,1,5-9,12H2,(H,18,19). The van der Waals surface area contributed by atoms with Crippen molar-refractivity contribution in [2.45, 2.75) is 12.8 Å². The van der Waals surface area contributed by atoms with E-state index in [2.05, 4.69) is 16.8 Å². The summed E-state index contributed by atoms with van der Waals surface area (Å²) in [6.45, 7) is 6.44. The summed E-state index contributed by atoms with van der Waals surface area (Å²) in [7, 11) is 0. The lowest BCUT2D eigenvalue weighted by Gasteiger charge is -2.31. The van der Waals surface area contributed by atoms with Crippen molar-refractivity contribution in [2.24, 2.45) is 5.92 Å². The summed E-state index contributed by atoms with van der Waals surface area (Å²) in [5.41, 5.74) is 1.14. The Balaban J connectivity index is 1.54. The minimum Gasteiger partial charge on any atom is -0.463 e. The number of nitrogens with zero attached hydrogens (tertiary/aromatic N) is 2. The topological polar surface area (TPSA) is 71.4 Å². The molecule has 0 spiro atoms. The maximum atomic E-state index is 12.5. The third kappa shape index (κ3) is 3.71. The number of aromatic amines is 1. The number of rotatable bonds is 6. The zero-order valence-electron chi connectivity index (χ0n) is 13.0. The van der Waals surface area contributed by atoms with Gasteiger partial charge in [-0.3, -0.25) is 9.89 Å². The zero-order valence-corrected chi connectivity index (χ0v) is 13.0. The molecule has 0 aromatic carbocycles. The van der Waals surface area contributed by atoms with Crippen LogP contribution in [0.1, 0.15) is 23.3 Å². The van der Waals surface area contributed by atoms with E-state index in [-0.39, 0.29) is 5.91 Å². The molecule has 0 saturated carbocycles. The van der Waals surface area contributed by atoms with Crippen molar-refractivity contribution >= 4 is 5.91 Å². The number of aromatic nitrogens is 2. The second-order valence-corrected chi connectivity index (χ2v) is 5.71. The maximum Gasteiger partial charge on any atom is 0.274 e. The highest BCUT2D eigenvalue weighted by Crippen LogP contribution is 2.21. The Morgan fingerprint density at radius 1 is 1.52 bits per heavy atom. The van der Waals surface area contributed by atoms with Crippen LogP contribution in [0.5, 0.6) is 0 Å². The Morgan fingerprint density at radius 3 is 3.04 bits per heavy atom. The highest BCUT2D eigenvalue weighted by molar-refractivity contribution is 5.93. The third-order valence-electron chi connectivity index (χ3n) is 4.07. The predicted octanol–water partition coefficient (Wildman–Crippen LogP) is 2.72. The van der Waals surface area contributed by atoms with E-state index in [0.717, 1.165) is 32.5 Å². The molecular weight excluding hydrogens is 294 g/mol. The molecule has 3 rings (SSSR count). The van der Waals surface area contributed by atoms with E-state index in [1.54, 1.807) is 24.5 Å². The van der Waals surface area contributed by atoms with Crippen molar-refractivity contribution in [3.8, 4) is 11.5 Å². The lowest BCUT2D eigenvalue weighted by Crippen LogP contribution is -2.39. The van der Waals surface area contributed by atoms with E-state index in [0.29, 0.717) is 29.7 Å². The van der Waals surface area contributed by atoms with Gasteiger partial charge >= 0.3 is 0 Å². The average Bonchev–Trinajstić information content (AvgIpc) is 3.26. The molecule has 1 aliphatic heterocycles. The van der Waals surface area contributed by atoms with Crippen LogP contribution in [0, 0.1) is 5.92 Å².